The summed E-state index contributed by atoms with van der Waals surface area (Å²) in [4.78, 5) is 15.6. The monoisotopic (exact) mass is 443 g/mol. The van der Waals surface area contributed by atoms with Gasteiger partial charge in [0.05, 0.1) is 0 Å². The third kappa shape index (κ3) is 6.85. The van der Waals surface area contributed by atoms with Crippen LogP contribution in [0.4, 0.5) is 11.4 Å². The van der Waals surface area contributed by atoms with Crippen LogP contribution >= 0.6 is 0 Å². The molecule has 0 saturated carbocycles. The van der Waals surface area contributed by atoms with Crippen molar-refractivity contribution in [2.45, 2.75) is 27.7 Å². The number of rotatable bonds is 11. The summed E-state index contributed by atoms with van der Waals surface area (Å²) < 4.78 is 0. The molecule has 0 aliphatic heterocycles. The maximum atomic E-state index is 11.0. The molecule has 0 aliphatic carbocycles. The molecule has 0 bridgehead atoms. The number of anilines is 2. The van der Waals surface area contributed by atoms with Gasteiger partial charge in [-0.25, -0.2) is 4.79 Å². The van der Waals surface area contributed by atoms with E-state index in [0.29, 0.717) is 0 Å². The lowest BCUT2D eigenvalue weighted by Crippen LogP contribution is -2.21. The van der Waals surface area contributed by atoms with E-state index in [1.807, 2.05) is 6.08 Å². The van der Waals surface area contributed by atoms with Gasteiger partial charge >= 0.3 is 5.97 Å². The molecule has 0 fully saturated rings. The van der Waals surface area contributed by atoms with Crippen LogP contribution in [0.1, 0.15) is 38.8 Å². The van der Waals surface area contributed by atoms with Crippen LogP contribution in [-0.4, -0.2) is 37.3 Å². The van der Waals surface area contributed by atoms with Crippen LogP contribution in [0.25, 0.3) is 5.57 Å². The zero-order valence-corrected chi connectivity index (χ0v) is 20.0. The van der Waals surface area contributed by atoms with Crippen LogP contribution in [0.15, 0.2) is 78.4 Å². The first-order valence-electron chi connectivity index (χ1n) is 11.4. The van der Waals surface area contributed by atoms with Crippen LogP contribution < -0.4 is 9.80 Å². The molecule has 172 valence electrons. The maximum Gasteiger partial charge on any atom is 0.346 e. The molecule has 0 spiro atoms. The summed E-state index contributed by atoms with van der Waals surface area (Å²) in [7, 11) is 0. The molecule has 0 aromatic heterocycles. The first kappa shape index (κ1) is 25.5. The normalized spacial score (nSPS) is 11.2. The molecule has 2 aromatic carbocycles. The Morgan fingerprint density at radius 3 is 1.52 bits per heavy atom. The summed E-state index contributed by atoms with van der Waals surface area (Å²) in [6.07, 6.45) is 6.61. The Bertz CT molecular complexity index is 977. The number of carbonyl (C=O) groups is 1. The van der Waals surface area contributed by atoms with Crippen LogP contribution in [0.3, 0.4) is 0 Å². The van der Waals surface area contributed by atoms with Gasteiger partial charge in [0, 0.05) is 37.6 Å². The van der Waals surface area contributed by atoms with E-state index in [4.69, 9.17) is 10.4 Å². The number of carboxylic acids is 1. The second kappa shape index (κ2) is 12.9. The van der Waals surface area contributed by atoms with Crippen molar-refractivity contribution in [3.63, 3.8) is 0 Å². The van der Waals surface area contributed by atoms with Crippen LogP contribution in [-0.2, 0) is 4.79 Å². The first-order chi connectivity index (χ1) is 16.0. The molecule has 33 heavy (non-hydrogen) atoms. The Hall–Kier alpha value is -3.78. The van der Waals surface area contributed by atoms with Crippen molar-refractivity contribution >= 4 is 22.9 Å². The van der Waals surface area contributed by atoms with Crippen molar-refractivity contribution in [3.8, 4) is 6.07 Å². The highest BCUT2D eigenvalue weighted by molar-refractivity contribution is 5.91. The van der Waals surface area contributed by atoms with Gasteiger partial charge in [-0.3, -0.25) is 0 Å². The van der Waals surface area contributed by atoms with Gasteiger partial charge in [-0.05, 0) is 74.7 Å². The molecule has 0 radical (unpaired) electrons. The van der Waals surface area contributed by atoms with Gasteiger partial charge in [0.1, 0.15) is 11.6 Å². The number of aliphatic carboxylic acids is 1. The van der Waals surface area contributed by atoms with E-state index in [-0.39, 0.29) is 5.57 Å². The van der Waals surface area contributed by atoms with Gasteiger partial charge in [0.15, 0.2) is 0 Å². The maximum absolute atomic E-state index is 11.0. The van der Waals surface area contributed by atoms with Crippen LogP contribution in [0, 0.1) is 11.3 Å². The lowest BCUT2D eigenvalue weighted by atomic mass is 9.96. The average Bonchev–Trinajstić information content (AvgIpc) is 2.84. The number of benzene rings is 2. The quantitative estimate of drug-likeness (QED) is 0.266. The Morgan fingerprint density at radius 1 is 0.788 bits per heavy atom. The van der Waals surface area contributed by atoms with Gasteiger partial charge in [0.25, 0.3) is 0 Å². The molecule has 0 unspecified atom stereocenters. The highest BCUT2D eigenvalue weighted by atomic mass is 16.4. The number of nitriles is 1. The molecule has 2 rings (SSSR count). The minimum absolute atomic E-state index is 0.298. The zero-order chi connectivity index (χ0) is 24.2. The number of nitrogens with zero attached hydrogens (tertiary/aromatic N) is 3. The Morgan fingerprint density at radius 2 is 1.18 bits per heavy atom. The van der Waals surface area contributed by atoms with Gasteiger partial charge in [-0.1, -0.05) is 42.5 Å². The van der Waals surface area contributed by atoms with Crippen molar-refractivity contribution in [2.75, 3.05) is 36.0 Å². The summed E-state index contributed by atoms with van der Waals surface area (Å²) >= 11 is 0. The second-order valence-electron chi connectivity index (χ2n) is 7.40. The van der Waals surface area contributed by atoms with Crippen molar-refractivity contribution in [1.82, 2.24) is 0 Å². The predicted octanol–water partition coefficient (Wildman–Crippen LogP) is 5.90. The smallest absolute Gasteiger partial charge is 0.346 e. The molecule has 0 amide bonds. The molecular formula is C28H33N3O2. The van der Waals surface area contributed by atoms with Gasteiger partial charge < -0.3 is 14.9 Å². The summed E-state index contributed by atoms with van der Waals surface area (Å²) in [6, 6.07) is 18.6. The van der Waals surface area contributed by atoms with Crippen molar-refractivity contribution < 1.29 is 9.90 Å². The van der Waals surface area contributed by atoms with Crippen molar-refractivity contribution in [1.29, 1.82) is 5.26 Å². The molecule has 2 aromatic rings. The fraction of sp³-hybridized carbons (Fsp3) is 0.286. The lowest BCUT2D eigenvalue weighted by Gasteiger charge is -2.22. The molecule has 0 atom stereocenters. The molecular weight excluding hydrogens is 410 g/mol. The van der Waals surface area contributed by atoms with E-state index in [2.05, 4.69) is 86.0 Å². The van der Waals surface area contributed by atoms with E-state index in [1.165, 1.54) is 17.5 Å². The number of hydrogen-bond donors (Lipinski definition) is 1. The largest absolute Gasteiger partial charge is 0.477 e. The number of allylic oxidation sites excluding steroid dienone is 4. The van der Waals surface area contributed by atoms with E-state index in [1.54, 1.807) is 18.2 Å². The van der Waals surface area contributed by atoms with E-state index in [9.17, 15) is 4.79 Å². The third-order valence-corrected chi connectivity index (χ3v) is 5.60. The summed E-state index contributed by atoms with van der Waals surface area (Å²) in [6.45, 7) is 12.4. The zero-order valence-electron chi connectivity index (χ0n) is 20.0. The molecule has 0 heterocycles. The molecule has 0 saturated heterocycles. The minimum atomic E-state index is -1.23. The fourth-order valence-corrected chi connectivity index (χ4v) is 3.70. The number of carboxylic acid groups (broad SMARTS) is 1. The fourth-order valence-electron chi connectivity index (χ4n) is 3.70. The predicted molar refractivity (Wildman–Crippen MR) is 138 cm³/mol. The lowest BCUT2D eigenvalue weighted by molar-refractivity contribution is -0.132. The molecule has 5 nitrogen and oxygen atoms in total. The Kier molecular flexibility index (Phi) is 9.98. The summed E-state index contributed by atoms with van der Waals surface area (Å²) in [5.41, 5.74) is 5.21. The van der Waals surface area contributed by atoms with Gasteiger partial charge in [-0.2, -0.15) is 5.26 Å². The molecule has 0 aliphatic rings. The number of hydrogen-bond acceptors (Lipinski definition) is 4. The van der Waals surface area contributed by atoms with Crippen LogP contribution in [0.5, 0.6) is 0 Å². The van der Waals surface area contributed by atoms with Crippen molar-refractivity contribution in [2.24, 2.45) is 0 Å². The van der Waals surface area contributed by atoms with Crippen LogP contribution in [0.2, 0.25) is 0 Å². The standard InChI is InChI=1S/C28H33N3O2/c1-5-30(6-2)25-17-13-22(14-18-25)27(12-10-9-11-24(21-29)28(32)33)23-15-19-26(20-16-23)31(7-3)8-4/h9-20H,5-8H2,1-4H3,(H,32,33)/b10-9+,24-11-. The Balaban J connectivity index is 2.46. The first-order valence-corrected chi connectivity index (χ1v) is 11.4. The summed E-state index contributed by atoms with van der Waals surface area (Å²) in [5.74, 6) is -1.23. The van der Waals surface area contributed by atoms with E-state index < -0.39 is 5.97 Å². The SMILES string of the molecule is CCN(CC)c1ccc(C(=C/C=C/C=C(/C#N)C(=O)O)c2ccc(N(CC)CC)cc2)cc1. The highest BCUT2D eigenvalue weighted by Crippen LogP contribution is 2.28. The van der Waals surface area contributed by atoms with Gasteiger partial charge in [-0.15, -0.1) is 0 Å². The van der Waals surface area contributed by atoms with E-state index >= 15 is 0 Å². The molecule has 5 heteroatoms. The molecule has 1 N–H and O–H groups in total. The Labute approximate surface area is 197 Å². The second-order valence-corrected chi connectivity index (χ2v) is 7.40. The average molecular weight is 444 g/mol. The van der Waals surface area contributed by atoms with Gasteiger partial charge in [0.2, 0.25) is 0 Å². The summed E-state index contributed by atoms with van der Waals surface area (Å²) in [5, 5.41) is 17.9. The van der Waals surface area contributed by atoms with E-state index in [0.717, 1.165) is 42.9 Å². The minimum Gasteiger partial charge on any atom is -0.477 e. The topological polar surface area (TPSA) is 67.6 Å². The van der Waals surface area contributed by atoms with Crippen molar-refractivity contribution in [3.05, 3.63) is 89.5 Å². The highest BCUT2D eigenvalue weighted by Gasteiger charge is 2.09. The third-order valence-electron chi connectivity index (χ3n) is 5.60.